The van der Waals surface area contributed by atoms with Gasteiger partial charge in [-0.2, -0.15) is 0 Å². The molecule has 0 bridgehead atoms. The Morgan fingerprint density at radius 2 is 1.79 bits per heavy atom. The Kier molecular flexibility index (Phi) is 9.64. The molecule has 0 aliphatic carbocycles. The minimum absolute atomic E-state index is 0. The van der Waals surface area contributed by atoms with Crippen LogP contribution in [0.3, 0.4) is 0 Å². The number of anilines is 1. The SMILES string of the molecule is CCNC(=NCC1CCN(C)CC1)N1CCN(c2ccccc2OC)CC1.I. The van der Waals surface area contributed by atoms with E-state index in [-0.39, 0.29) is 24.0 Å². The molecule has 0 atom stereocenters. The van der Waals surface area contributed by atoms with E-state index in [1.54, 1.807) is 7.11 Å². The quantitative estimate of drug-likeness (QED) is 0.382. The van der Waals surface area contributed by atoms with Gasteiger partial charge in [-0.15, -0.1) is 24.0 Å². The Balaban J connectivity index is 0.00000280. The summed E-state index contributed by atoms with van der Waals surface area (Å²) in [5.74, 6) is 2.76. The number of guanidine groups is 1. The van der Waals surface area contributed by atoms with Crippen molar-refractivity contribution in [2.75, 3.05) is 71.4 Å². The third kappa shape index (κ3) is 6.14. The molecule has 1 N–H and O–H groups in total. The number of para-hydroxylation sites is 2. The standard InChI is InChI=1S/C21H35N5O.HI/c1-4-22-21(23-17-18-9-11-24(2)12-10-18)26-15-13-25(14-16-26)19-7-5-6-8-20(19)27-3;/h5-8,18H,4,9-17H2,1-3H3,(H,22,23);1H. The topological polar surface area (TPSA) is 43.3 Å². The number of hydrogen-bond acceptors (Lipinski definition) is 4. The fourth-order valence-electron chi connectivity index (χ4n) is 3.94. The predicted molar refractivity (Wildman–Crippen MR) is 128 cm³/mol. The van der Waals surface area contributed by atoms with Gasteiger partial charge in [0.2, 0.25) is 0 Å². The summed E-state index contributed by atoms with van der Waals surface area (Å²) in [5.41, 5.74) is 1.19. The lowest BCUT2D eigenvalue weighted by Crippen LogP contribution is -2.52. The van der Waals surface area contributed by atoms with Crippen LogP contribution in [0.5, 0.6) is 5.75 Å². The van der Waals surface area contributed by atoms with Crippen LogP contribution in [0.2, 0.25) is 0 Å². The maximum Gasteiger partial charge on any atom is 0.194 e. The number of nitrogens with one attached hydrogen (secondary N) is 1. The first-order valence-corrected chi connectivity index (χ1v) is 10.3. The first-order valence-electron chi connectivity index (χ1n) is 10.3. The van der Waals surface area contributed by atoms with Crippen molar-refractivity contribution in [3.63, 3.8) is 0 Å². The average Bonchev–Trinajstić information content (AvgIpc) is 2.72. The number of hydrogen-bond donors (Lipinski definition) is 1. The number of benzene rings is 1. The fourth-order valence-corrected chi connectivity index (χ4v) is 3.94. The molecule has 7 heteroatoms. The van der Waals surface area contributed by atoms with E-state index in [0.29, 0.717) is 0 Å². The summed E-state index contributed by atoms with van der Waals surface area (Å²) in [6, 6.07) is 8.29. The minimum Gasteiger partial charge on any atom is -0.495 e. The Hall–Kier alpha value is -1.22. The van der Waals surface area contributed by atoms with E-state index >= 15 is 0 Å². The number of nitrogens with zero attached hydrogens (tertiary/aromatic N) is 4. The summed E-state index contributed by atoms with van der Waals surface area (Å²) >= 11 is 0. The molecular formula is C21H36IN5O. The van der Waals surface area contributed by atoms with Crippen molar-refractivity contribution in [3.05, 3.63) is 24.3 Å². The minimum atomic E-state index is 0. The van der Waals surface area contributed by atoms with Crippen LogP contribution >= 0.6 is 24.0 Å². The number of aliphatic imine (C=N–C) groups is 1. The second-order valence-corrected chi connectivity index (χ2v) is 7.59. The van der Waals surface area contributed by atoms with Crippen LogP contribution in [0.25, 0.3) is 0 Å². The van der Waals surface area contributed by atoms with E-state index in [1.807, 2.05) is 12.1 Å². The van der Waals surface area contributed by atoms with Crippen molar-refractivity contribution in [1.82, 2.24) is 15.1 Å². The number of ether oxygens (including phenoxy) is 1. The molecule has 0 saturated carbocycles. The van der Waals surface area contributed by atoms with Gasteiger partial charge in [0, 0.05) is 39.3 Å². The lowest BCUT2D eigenvalue weighted by atomic mass is 9.97. The number of piperidine rings is 1. The van der Waals surface area contributed by atoms with Gasteiger partial charge in [0.05, 0.1) is 12.8 Å². The van der Waals surface area contributed by atoms with Crippen LogP contribution in [0.1, 0.15) is 19.8 Å². The van der Waals surface area contributed by atoms with Crippen LogP contribution in [0.15, 0.2) is 29.3 Å². The summed E-state index contributed by atoms with van der Waals surface area (Å²) in [4.78, 5) is 12.2. The molecule has 0 spiro atoms. The van der Waals surface area contributed by atoms with E-state index in [4.69, 9.17) is 9.73 Å². The van der Waals surface area contributed by atoms with Crippen LogP contribution in [-0.4, -0.2) is 82.3 Å². The second-order valence-electron chi connectivity index (χ2n) is 7.59. The molecule has 0 aromatic heterocycles. The van der Waals surface area contributed by atoms with Gasteiger partial charge in [-0.05, 0) is 58.0 Å². The largest absolute Gasteiger partial charge is 0.495 e. The highest BCUT2D eigenvalue weighted by Gasteiger charge is 2.22. The summed E-state index contributed by atoms with van der Waals surface area (Å²) in [6.45, 7) is 10.4. The van der Waals surface area contributed by atoms with Crippen LogP contribution in [0, 0.1) is 5.92 Å². The van der Waals surface area contributed by atoms with Gasteiger partial charge in [0.15, 0.2) is 5.96 Å². The zero-order valence-electron chi connectivity index (χ0n) is 17.6. The van der Waals surface area contributed by atoms with Crippen LogP contribution in [-0.2, 0) is 0 Å². The molecule has 0 radical (unpaired) electrons. The normalized spacial score (nSPS) is 19.3. The van der Waals surface area contributed by atoms with E-state index in [0.717, 1.165) is 56.9 Å². The van der Waals surface area contributed by atoms with Crippen molar-refractivity contribution in [1.29, 1.82) is 0 Å². The zero-order valence-corrected chi connectivity index (χ0v) is 19.9. The van der Waals surface area contributed by atoms with Crippen molar-refractivity contribution < 1.29 is 4.74 Å². The number of halogens is 1. The number of rotatable bonds is 5. The van der Waals surface area contributed by atoms with Crippen molar-refractivity contribution >= 4 is 35.6 Å². The fraction of sp³-hybridized carbons (Fsp3) is 0.667. The Morgan fingerprint density at radius 3 is 2.43 bits per heavy atom. The Labute approximate surface area is 187 Å². The molecule has 1 aromatic carbocycles. The van der Waals surface area contributed by atoms with E-state index < -0.39 is 0 Å². The highest BCUT2D eigenvalue weighted by atomic mass is 127. The molecule has 0 unspecified atom stereocenters. The van der Waals surface area contributed by atoms with Gasteiger partial charge in [0.1, 0.15) is 5.75 Å². The van der Waals surface area contributed by atoms with Crippen molar-refractivity contribution in [3.8, 4) is 5.75 Å². The maximum absolute atomic E-state index is 5.53. The lowest BCUT2D eigenvalue weighted by molar-refractivity contribution is 0.223. The molecule has 6 nitrogen and oxygen atoms in total. The van der Waals surface area contributed by atoms with Gasteiger partial charge in [-0.1, -0.05) is 12.1 Å². The average molecular weight is 501 g/mol. The molecule has 3 rings (SSSR count). The molecule has 28 heavy (non-hydrogen) atoms. The third-order valence-corrected chi connectivity index (χ3v) is 5.68. The summed E-state index contributed by atoms with van der Waals surface area (Å²) in [5, 5.41) is 3.50. The smallest absolute Gasteiger partial charge is 0.194 e. The molecule has 0 amide bonds. The molecular weight excluding hydrogens is 465 g/mol. The van der Waals surface area contributed by atoms with Crippen LogP contribution in [0.4, 0.5) is 5.69 Å². The van der Waals surface area contributed by atoms with Crippen molar-refractivity contribution in [2.24, 2.45) is 10.9 Å². The van der Waals surface area contributed by atoms with E-state index in [1.165, 1.54) is 31.6 Å². The highest BCUT2D eigenvalue weighted by Crippen LogP contribution is 2.28. The third-order valence-electron chi connectivity index (χ3n) is 5.68. The molecule has 2 heterocycles. The van der Waals surface area contributed by atoms with Crippen LogP contribution < -0.4 is 15.0 Å². The maximum atomic E-state index is 5.53. The molecule has 2 aliphatic heterocycles. The van der Waals surface area contributed by atoms with Gasteiger partial charge in [-0.25, -0.2) is 0 Å². The van der Waals surface area contributed by atoms with Gasteiger partial charge in [-0.3, -0.25) is 4.99 Å². The summed E-state index contributed by atoms with van der Waals surface area (Å²) < 4.78 is 5.53. The van der Waals surface area contributed by atoms with E-state index in [2.05, 4.69) is 46.1 Å². The summed E-state index contributed by atoms with van der Waals surface area (Å²) in [7, 11) is 3.96. The number of likely N-dealkylation sites (tertiary alicyclic amines) is 1. The van der Waals surface area contributed by atoms with Crippen molar-refractivity contribution in [2.45, 2.75) is 19.8 Å². The first kappa shape index (κ1) is 23.1. The number of piperazine rings is 1. The predicted octanol–water partition coefficient (Wildman–Crippen LogP) is 2.74. The molecule has 2 saturated heterocycles. The molecule has 1 aromatic rings. The van der Waals surface area contributed by atoms with Gasteiger partial charge >= 0.3 is 0 Å². The summed E-state index contributed by atoms with van der Waals surface area (Å²) in [6.07, 6.45) is 2.53. The lowest BCUT2D eigenvalue weighted by Gasteiger charge is -2.38. The Bertz CT molecular complexity index is 611. The van der Waals surface area contributed by atoms with E-state index in [9.17, 15) is 0 Å². The Morgan fingerprint density at radius 1 is 1.11 bits per heavy atom. The first-order chi connectivity index (χ1) is 13.2. The molecule has 2 fully saturated rings. The highest BCUT2D eigenvalue weighted by molar-refractivity contribution is 14.0. The molecule has 2 aliphatic rings. The van der Waals surface area contributed by atoms with Gasteiger partial charge < -0.3 is 24.8 Å². The van der Waals surface area contributed by atoms with Gasteiger partial charge in [0.25, 0.3) is 0 Å². The molecule has 158 valence electrons. The monoisotopic (exact) mass is 501 g/mol. The zero-order chi connectivity index (χ0) is 19.1. The number of methoxy groups -OCH3 is 1. The second kappa shape index (κ2) is 11.7.